The van der Waals surface area contributed by atoms with Crippen molar-refractivity contribution in [3.05, 3.63) is 0 Å². The van der Waals surface area contributed by atoms with Crippen LogP contribution in [0.4, 0.5) is 4.39 Å². The molecule has 2 heterocycles. The van der Waals surface area contributed by atoms with Crippen molar-refractivity contribution in [3.63, 3.8) is 0 Å². The molecule has 26 heavy (non-hydrogen) atoms. The summed E-state index contributed by atoms with van der Waals surface area (Å²) in [6.45, 7) is 2.34. The zero-order valence-electron chi connectivity index (χ0n) is 15.3. The molecule has 1 amide bonds. The van der Waals surface area contributed by atoms with E-state index in [1.54, 1.807) is 5.48 Å². The van der Waals surface area contributed by atoms with Gasteiger partial charge in [0.05, 0.1) is 12.8 Å². The molecule has 2 saturated heterocycles. The van der Waals surface area contributed by atoms with E-state index in [0.29, 0.717) is 52.2 Å². The summed E-state index contributed by atoms with van der Waals surface area (Å²) < 4.78 is 37.0. The molecule has 0 aromatic rings. The third kappa shape index (κ3) is 5.69. The predicted octanol–water partition coefficient (Wildman–Crippen LogP) is 1.72. The monoisotopic (exact) mass is 394 g/mol. The van der Waals surface area contributed by atoms with Crippen molar-refractivity contribution in [2.75, 3.05) is 39.6 Å². The third-order valence-corrected chi connectivity index (χ3v) is 7.26. The molecule has 7 nitrogen and oxygen atoms in total. The van der Waals surface area contributed by atoms with Gasteiger partial charge < -0.3 is 9.47 Å². The molecule has 2 N–H and O–H groups in total. The Balaban J connectivity index is 1.77. The number of nitrogens with one attached hydrogen (secondary N) is 1. The average molecular weight is 395 g/mol. The van der Waals surface area contributed by atoms with Crippen LogP contribution in [0.2, 0.25) is 0 Å². The lowest BCUT2D eigenvalue weighted by molar-refractivity contribution is -0.134. The Morgan fingerprint density at radius 2 is 1.88 bits per heavy atom. The van der Waals surface area contributed by atoms with Crippen molar-refractivity contribution >= 4 is 16.9 Å². The fraction of sp³-hybridized carbons (Fsp3) is 0.941. The van der Waals surface area contributed by atoms with E-state index >= 15 is 0 Å². The molecule has 152 valence electrons. The third-order valence-electron chi connectivity index (χ3n) is 5.17. The van der Waals surface area contributed by atoms with Crippen LogP contribution in [0.25, 0.3) is 0 Å². The van der Waals surface area contributed by atoms with Crippen LogP contribution in [0, 0.1) is 0 Å². The standard InChI is InChI=1S/C17H31FN2O5S/c18-9-3-1-2-4-12-25-15-5-10-20(11-6-15)26(23)17(16(21)19-22)7-13-24-14-8-17/h15,22H,1-14H2,(H,19,21). The van der Waals surface area contributed by atoms with Gasteiger partial charge in [-0.05, 0) is 38.5 Å². The maximum atomic E-state index is 13.1. The lowest BCUT2D eigenvalue weighted by Gasteiger charge is -2.40. The van der Waals surface area contributed by atoms with Gasteiger partial charge in [-0.25, -0.2) is 14.0 Å². The highest BCUT2D eigenvalue weighted by molar-refractivity contribution is 7.85. The second-order valence-electron chi connectivity index (χ2n) is 6.90. The molecule has 0 aromatic carbocycles. The van der Waals surface area contributed by atoms with Crippen LogP contribution in [0.5, 0.6) is 0 Å². The van der Waals surface area contributed by atoms with Gasteiger partial charge in [0.2, 0.25) is 0 Å². The normalized spacial score (nSPS) is 22.8. The first kappa shape index (κ1) is 21.7. The fourth-order valence-corrected chi connectivity index (χ4v) is 5.25. The molecular formula is C17H31FN2O5S. The molecule has 2 rings (SSSR count). The second-order valence-corrected chi connectivity index (χ2v) is 8.70. The summed E-state index contributed by atoms with van der Waals surface area (Å²) in [6, 6.07) is 0. The quantitative estimate of drug-likeness (QED) is 0.335. The molecule has 0 saturated carbocycles. The number of unbranched alkanes of at least 4 members (excludes halogenated alkanes) is 3. The summed E-state index contributed by atoms with van der Waals surface area (Å²) in [5.74, 6) is -0.592. The Labute approximate surface area is 157 Å². The van der Waals surface area contributed by atoms with Gasteiger partial charge in [-0.1, -0.05) is 12.8 Å². The van der Waals surface area contributed by atoms with Crippen LogP contribution in [-0.4, -0.2) is 70.1 Å². The summed E-state index contributed by atoms with van der Waals surface area (Å²) in [7, 11) is -1.52. The van der Waals surface area contributed by atoms with Gasteiger partial charge in [0.25, 0.3) is 5.91 Å². The van der Waals surface area contributed by atoms with Gasteiger partial charge in [0, 0.05) is 32.9 Å². The number of hydrogen-bond donors (Lipinski definition) is 2. The molecule has 0 radical (unpaired) electrons. The number of carbonyl (C=O) groups excluding carboxylic acids is 1. The average Bonchev–Trinajstić information content (AvgIpc) is 2.70. The summed E-state index contributed by atoms with van der Waals surface area (Å²) in [5.41, 5.74) is 1.69. The predicted molar refractivity (Wildman–Crippen MR) is 95.8 cm³/mol. The largest absolute Gasteiger partial charge is 0.381 e. The van der Waals surface area contributed by atoms with Gasteiger partial charge >= 0.3 is 0 Å². The molecule has 0 spiro atoms. The highest BCUT2D eigenvalue weighted by Gasteiger charge is 2.48. The van der Waals surface area contributed by atoms with E-state index in [4.69, 9.17) is 14.7 Å². The van der Waals surface area contributed by atoms with Crippen LogP contribution in [-0.2, 0) is 25.3 Å². The van der Waals surface area contributed by atoms with Gasteiger partial charge in [-0.15, -0.1) is 0 Å². The van der Waals surface area contributed by atoms with Crippen LogP contribution < -0.4 is 5.48 Å². The number of ether oxygens (including phenoxy) is 2. The minimum Gasteiger partial charge on any atom is -0.381 e. The lowest BCUT2D eigenvalue weighted by atomic mass is 9.98. The van der Waals surface area contributed by atoms with E-state index < -0.39 is 21.6 Å². The number of amides is 1. The molecule has 2 fully saturated rings. The molecule has 0 aliphatic carbocycles. The Morgan fingerprint density at radius 3 is 2.50 bits per heavy atom. The Hall–Kier alpha value is -0.610. The molecule has 0 aromatic heterocycles. The SMILES string of the molecule is O=C(NO)C1(S(=O)N2CCC(OCCCCCCF)CC2)CCOCC1. The molecule has 1 unspecified atom stereocenters. The number of hydroxylamine groups is 1. The first-order valence-electron chi connectivity index (χ1n) is 9.51. The minimum absolute atomic E-state index is 0.140. The Kier molecular flexibility index (Phi) is 9.41. The molecule has 1 atom stereocenters. The lowest BCUT2D eigenvalue weighted by Crippen LogP contribution is -2.57. The van der Waals surface area contributed by atoms with E-state index in [2.05, 4.69) is 0 Å². The number of piperidine rings is 1. The van der Waals surface area contributed by atoms with E-state index in [-0.39, 0.29) is 12.8 Å². The number of hydrogen-bond acceptors (Lipinski definition) is 5. The van der Waals surface area contributed by atoms with E-state index in [1.807, 2.05) is 4.31 Å². The topological polar surface area (TPSA) is 88.1 Å². The number of nitrogens with zero attached hydrogens (tertiary/aromatic N) is 1. The first-order chi connectivity index (χ1) is 12.6. The minimum atomic E-state index is -1.52. The van der Waals surface area contributed by atoms with Gasteiger partial charge in [-0.2, -0.15) is 0 Å². The van der Waals surface area contributed by atoms with E-state index in [9.17, 15) is 13.4 Å². The van der Waals surface area contributed by atoms with Crippen molar-refractivity contribution in [1.29, 1.82) is 0 Å². The maximum absolute atomic E-state index is 13.1. The molecular weight excluding hydrogens is 363 g/mol. The van der Waals surface area contributed by atoms with Crippen molar-refractivity contribution in [2.24, 2.45) is 0 Å². The van der Waals surface area contributed by atoms with Gasteiger partial charge in [-0.3, -0.25) is 14.4 Å². The molecule has 0 bridgehead atoms. The Morgan fingerprint density at radius 1 is 1.23 bits per heavy atom. The summed E-state index contributed by atoms with van der Waals surface area (Å²) in [6.07, 6.45) is 5.78. The number of halogens is 1. The van der Waals surface area contributed by atoms with Crippen LogP contribution in [0.1, 0.15) is 51.4 Å². The number of carbonyl (C=O) groups is 1. The maximum Gasteiger partial charge on any atom is 0.263 e. The molecule has 2 aliphatic rings. The highest BCUT2D eigenvalue weighted by atomic mass is 32.2. The van der Waals surface area contributed by atoms with Gasteiger partial charge in [0.15, 0.2) is 0 Å². The van der Waals surface area contributed by atoms with Crippen molar-refractivity contribution < 1.29 is 28.1 Å². The van der Waals surface area contributed by atoms with Crippen LogP contribution >= 0.6 is 0 Å². The summed E-state index contributed by atoms with van der Waals surface area (Å²) in [5, 5.41) is 9.08. The van der Waals surface area contributed by atoms with Crippen molar-refractivity contribution in [2.45, 2.75) is 62.2 Å². The second kappa shape index (κ2) is 11.3. The number of alkyl halides is 1. The number of rotatable bonds is 10. The first-order valence-corrected chi connectivity index (χ1v) is 10.6. The van der Waals surface area contributed by atoms with Crippen molar-refractivity contribution in [3.8, 4) is 0 Å². The van der Waals surface area contributed by atoms with E-state index in [1.165, 1.54) is 0 Å². The fourth-order valence-electron chi connectivity index (χ4n) is 3.50. The van der Waals surface area contributed by atoms with Crippen LogP contribution in [0.3, 0.4) is 0 Å². The zero-order valence-corrected chi connectivity index (χ0v) is 16.1. The zero-order chi connectivity index (χ0) is 18.8. The van der Waals surface area contributed by atoms with E-state index in [0.717, 1.165) is 32.1 Å². The molecule has 2 aliphatic heterocycles. The molecule has 9 heteroatoms. The van der Waals surface area contributed by atoms with Gasteiger partial charge in [0.1, 0.15) is 15.7 Å². The highest BCUT2D eigenvalue weighted by Crippen LogP contribution is 2.31. The smallest absolute Gasteiger partial charge is 0.263 e. The van der Waals surface area contributed by atoms with Crippen molar-refractivity contribution in [1.82, 2.24) is 9.79 Å². The van der Waals surface area contributed by atoms with Crippen LogP contribution in [0.15, 0.2) is 0 Å². The summed E-state index contributed by atoms with van der Waals surface area (Å²) in [4.78, 5) is 12.2. The summed E-state index contributed by atoms with van der Waals surface area (Å²) >= 11 is 0. The Bertz CT molecular complexity index is 454.